The predicted molar refractivity (Wildman–Crippen MR) is 67.4 cm³/mol. The molecule has 0 saturated heterocycles. The van der Waals surface area contributed by atoms with E-state index in [1.165, 1.54) is 17.6 Å². The van der Waals surface area contributed by atoms with Gasteiger partial charge < -0.3 is 5.73 Å². The number of rotatable bonds is 1. The van der Waals surface area contributed by atoms with Gasteiger partial charge in [0.15, 0.2) is 0 Å². The number of hydrogen-bond donors (Lipinski definition) is 1. The van der Waals surface area contributed by atoms with Crippen LogP contribution in [0.15, 0.2) is 23.4 Å². The van der Waals surface area contributed by atoms with Crippen molar-refractivity contribution in [2.75, 3.05) is 0 Å². The van der Waals surface area contributed by atoms with Crippen molar-refractivity contribution in [1.29, 1.82) is 0 Å². The molecule has 0 aromatic rings. The Morgan fingerprint density at radius 3 is 2.40 bits per heavy atom. The van der Waals surface area contributed by atoms with Crippen molar-refractivity contribution < 1.29 is 0 Å². The highest BCUT2D eigenvalue weighted by Crippen LogP contribution is 2.68. The van der Waals surface area contributed by atoms with E-state index in [9.17, 15) is 0 Å². The van der Waals surface area contributed by atoms with E-state index < -0.39 is 0 Å². The first-order valence-electron chi connectivity index (χ1n) is 6.14. The number of allylic oxidation sites excluding steroid dienone is 3. The molecule has 15 heavy (non-hydrogen) atoms. The highest BCUT2D eigenvalue weighted by atomic mass is 14.7. The molecular formula is C14H25N. The molecular weight excluding hydrogens is 182 g/mol. The van der Waals surface area contributed by atoms with Gasteiger partial charge in [0, 0.05) is 11.1 Å². The van der Waals surface area contributed by atoms with Gasteiger partial charge in [-0.15, -0.1) is 0 Å². The minimum absolute atomic E-state index is 0.369. The van der Waals surface area contributed by atoms with Gasteiger partial charge in [0.05, 0.1) is 0 Å². The number of nitrogens with two attached hydrogens (primary N) is 1. The molecule has 3 unspecified atom stereocenters. The molecule has 0 aromatic carbocycles. The zero-order chi connectivity index (χ0) is 11.8. The van der Waals surface area contributed by atoms with Crippen LogP contribution in [0.25, 0.3) is 0 Å². The van der Waals surface area contributed by atoms with Gasteiger partial charge >= 0.3 is 0 Å². The summed E-state index contributed by atoms with van der Waals surface area (Å²) in [5.74, 6) is 1.67. The van der Waals surface area contributed by atoms with Crippen LogP contribution in [-0.2, 0) is 0 Å². The van der Waals surface area contributed by atoms with Crippen LogP contribution < -0.4 is 5.73 Å². The third kappa shape index (κ3) is 1.62. The van der Waals surface area contributed by atoms with Crippen LogP contribution in [0.3, 0.4) is 0 Å². The summed E-state index contributed by atoms with van der Waals surface area (Å²) in [7, 11) is 0. The number of fused-ring (bicyclic) bond motifs is 1. The van der Waals surface area contributed by atoms with Gasteiger partial charge in [-0.25, -0.2) is 0 Å². The van der Waals surface area contributed by atoms with Gasteiger partial charge in [0.1, 0.15) is 0 Å². The predicted octanol–water partition coefficient (Wildman–Crippen LogP) is 3.87. The third-order valence-corrected chi connectivity index (χ3v) is 4.22. The lowest BCUT2D eigenvalue weighted by Crippen LogP contribution is -2.17. The van der Waals surface area contributed by atoms with E-state index in [-0.39, 0.29) is 0 Å². The Balaban J connectivity index is 0.000000531. The minimum Gasteiger partial charge on any atom is -0.402 e. The van der Waals surface area contributed by atoms with Crippen molar-refractivity contribution in [3.63, 3.8) is 0 Å². The molecule has 2 N–H and O–H groups in total. The van der Waals surface area contributed by atoms with E-state index in [4.69, 9.17) is 5.73 Å². The molecule has 86 valence electrons. The van der Waals surface area contributed by atoms with Crippen LogP contribution in [0.5, 0.6) is 0 Å². The molecule has 3 atom stereocenters. The second-order valence-corrected chi connectivity index (χ2v) is 4.90. The van der Waals surface area contributed by atoms with Crippen molar-refractivity contribution in [2.24, 2.45) is 23.0 Å². The molecule has 1 heteroatoms. The van der Waals surface area contributed by atoms with Crippen LogP contribution in [0.2, 0.25) is 0 Å². The fourth-order valence-electron chi connectivity index (χ4n) is 3.31. The van der Waals surface area contributed by atoms with Crippen molar-refractivity contribution in [3.05, 3.63) is 23.4 Å². The van der Waals surface area contributed by atoms with Gasteiger partial charge in [-0.3, -0.25) is 0 Å². The summed E-state index contributed by atoms with van der Waals surface area (Å²) in [5, 5.41) is 0. The first-order chi connectivity index (χ1) is 6.99. The summed E-state index contributed by atoms with van der Waals surface area (Å²) >= 11 is 0. The quantitative estimate of drug-likeness (QED) is 0.694. The van der Waals surface area contributed by atoms with Crippen LogP contribution in [0.4, 0.5) is 0 Å². The van der Waals surface area contributed by atoms with E-state index in [0.29, 0.717) is 5.41 Å². The minimum atomic E-state index is 0.369. The van der Waals surface area contributed by atoms with E-state index in [2.05, 4.69) is 27.4 Å². The largest absolute Gasteiger partial charge is 0.402 e. The SMILES string of the molecule is C=C(C)C1=C(N)CCC2C(C)C12C.CC. The van der Waals surface area contributed by atoms with E-state index >= 15 is 0 Å². The van der Waals surface area contributed by atoms with Crippen LogP contribution in [-0.4, -0.2) is 0 Å². The Bertz CT molecular complexity index is 300. The molecule has 1 fully saturated rings. The summed E-state index contributed by atoms with van der Waals surface area (Å²) in [6.07, 6.45) is 2.35. The lowest BCUT2D eigenvalue weighted by molar-refractivity contribution is 0.517. The topological polar surface area (TPSA) is 26.0 Å². The maximum atomic E-state index is 6.06. The van der Waals surface area contributed by atoms with Crippen molar-refractivity contribution >= 4 is 0 Å². The van der Waals surface area contributed by atoms with Crippen molar-refractivity contribution in [1.82, 2.24) is 0 Å². The highest BCUT2D eigenvalue weighted by Gasteiger charge is 2.61. The fourth-order valence-corrected chi connectivity index (χ4v) is 3.31. The molecule has 0 aliphatic heterocycles. The standard InChI is InChI=1S/C12H19N.C2H6/c1-7(2)11-10(13)6-5-9-8(3)12(9,11)4;1-2/h8-9H,1,5-6,13H2,2-4H3;1-2H3. The Kier molecular flexibility index (Phi) is 3.32. The molecule has 0 radical (unpaired) electrons. The van der Waals surface area contributed by atoms with Crippen LogP contribution in [0.1, 0.15) is 47.5 Å². The Morgan fingerprint density at radius 2 is 2.00 bits per heavy atom. The molecule has 0 spiro atoms. The van der Waals surface area contributed by atoms with Crippen molar-refractivity contribution in [2.45, 2.75) is 47.5 Å². The Labute approximate surface area is 94.4 Å². The second-order valence-electron chi connectivity index (χ2n) is 4.90. The monoisotopic (exact) mass is 207 g/mol. The second kappa shape index (κ2) is 4.03. The molecule has 1 nitrogen and oxygen atoms in total. The maximum absolute atomic E-state index is 6.06. The normalized spacial score (nSPS) is 37.7. The summed E-state index contributed by atoms with van der Waals surface area (Å²) in [6.45, 7) is 14.8. The summed E-state index contributed by atoms with van der Waals surface area (Å²) in [4.78, 5) is 0. The fraction of sp³-hybridized carbons (Fsp3) is 0.714. The van der Waals surface area contributed by atoms with E-state index in [0.717, 1.165) is 24.0 Å². The Hall–Kier alpha value is -0.720. The number of hydrogen-bond acceptors (Lipinski definition) is 1. The average molecular weight is 207 g/mol. The smallest absolute Gasteiger partial charge is 0.0121 e. The molecule has 1 saturated carbocycles. The summed E-state index contributed by atoms with van der Waals surface area (Å²) in [5.41, 5.74) is 10.1. The molecule has 2 aliphatic rings. The van der Waals surface area contributed by atoms with Gasteiger partial charge in [-0.05, 0) is 37.2 Å². The first-order valence-corrected chi connectivity index (χ1v) is 6.14. The molecule has 2 aliphatic carbocycles. The summed E-state index contributed by atoms with van der Waals surface area (Å²) < 4.78 is 0. The lowest BCUT2D eigenvalue weighted by atomic mass is 9.82. The van der Waals surface area contributed by atoms with Gasteiger partial charge in [-0.1, -0.05) is 39.8 Å². The molecule has 0 heterocycles. The van der Waals surface area contributed by atoms with E-state index in [1.54, 1.807) is 0 Å². The van der Waals surface area contributed by atoms with Gasteiger partial charge in [0.2, 0.25) is 0 Å². The van der Waals surface area contributed by atoms with Gasteiger partial charge in [0.25, 0.3) is 0 Å². The zero-order valence-corrected chi connectivity index (χ0v) is 10.9. The molecule has 0 bridgehead atoms. The maximum Gasteiger partial charge on any atom is 0.0121 e. The Morgan fingerprint density at radius 1 is 1.47 bits per heavy atom. The first kappa shape index (κ1) is 12.4. The van der Waals surface area contributed by atoms with Gasteiger partial charge in [-0.2, -0.15) is 0 Å². The molecule has 2 rings (SSSR count). The zero-order valence-electron chi connectivity index (χ0n) is 10.9. The third-order valence-electron chi connectivity index (χ3n) is 4.22. The molecule has 0 amide bonds. The van der Waals surface area contributed by atoms with E-state index in [1.807, 2.05) is 13.8 Å². The van der Waals surface area contributed by atoms with Crippen molar-refractivity contribution in [3.8, 4) is 0 Å². The summed E-state index contributed by atoms with van der Waals surface area (Å²) in [6, 6.07) is 0. The lowest BCUT2D eigenvalue weighted by Gasteiger charge is -2.24. The average Bonchev–Trinajstić information content (AvgIpc) is 2.71. The van der Waals surface area contributed by atoms with Crippen LogP contribution >= 0.6 is 0 Å². The highest BCUT2D eigenvalue weighted by molar-refractivity contribution is 5.44. The van der Waals surface area contributed by atoms with Crippen LogP contribution in [0, 0.1) is 17.3 Å². The molecule has 0 aromatic heterocycles.